The number of hydrogen-bond acceptors (Lipinski definition) is 3. The summed E-state index contributed by atoms with van der Waals surface area (Å²) in [5, 5.41) is 8.27. The average Bonchev–Trinajstić information content (AvgIpc) is 2.96. The SMILES string of the molecule is CCc1ccsc1CNCC(=O)NC1CC1. The van der Waals surface area contributed by atoms with Gasteiger partial charge in [-0.3, -0.25) is 4.79 Å². The molecule has 0 bridgehead atoms. The van der Waals surface area contributed by atoms with Crippen LogP contribution in [0.3, 0.4) is 0 Å². The van der Waals surface area contributed by atoms with Gasteiger partial charge in [0.2, 0.25) is 5.91 Å². The number of thiophene rings is 1. The van der Waals surface area contributed by atoms with E-state index in [9.17, 15) is 4.79 Å². The summed E-state index contributed by atoms with van der Waals surface area (Å²) in [6.07, 6.45) is 3.36. The second kappa shape index (κ2) is 5.46. The Morgan fingerprint density at radius 2 is 2.38 bits per heavy atom. The number of rotatable bonds is 6. The highest BCUT2D eigenvalue weighted by Crippen LogP contribution is 2.18. The van der Waals surface area contributed by atoms with Crippen molar-refractivity contribution in [2.45, 2.75) is 38.8 Å². The standard InChI is InChI=1S/C12H18N2OS/c1-2-9-5-6-16-11(9)7-13-8-12(15)14-10-3-4-10/h5-6,10,13H,2-4,7-8H2,1H3,(H,14,15). The lowest BCUT2D eigenvalue weighted by atomic mass is 10.2. The van der Waals surface area contributed by atoms with Gasteiger partial charge in [0.1, 0.15) is 0 Å². The van der Waals surface area contributed by atoms with E-state index in [1.54, 1.807) is 11.3 Å². The molecule has 3 nitrogen and oxygen atoms in total. The lowest BCUT2D eigenvalue weighted by Crippen LogP contribution is -2.34. The number of carbonyl (C=O) groups is 1. The molecule has 1 aliphatic rings. The fraction of sp³-hybridized carbons (Fsp3) is 0.583. The molecule has 1 heterocycles. The molecule has 1 amide bonds. The maximum absolute atomic E-state index is 11.4. The van der Waals surface area contributed by atoms with Crippen LogP contribution in [0, 0.1) is 0 Å². The maximum atomic E-state index is 11.4. The predicted octanol–water partition coefficient (Wildman–Crippen LogP) is 1.68. The largest absolute Gasteiger partial charge is 0.352 e. The summed E-state index contributed by atoms with van der Waals surface area (Å²) in [5.41, 5.74) is 1.39. The highest BCUT2D eigenvalue weighted by Gasteiger charge is 2.22. The number of nitrogens with one attached hydrogen (secondary N) is 2. The maximum Gasteiger partial charge on any atom is 0.234 e. The molecule has 0 saturated heterocycles. The normalized spacial score (nSPS) is 15.1. The molecule has 0 aliphatic heterocycles. The highest BCUT2D eigenvalue weighted by atomic mass is 32.1. The van der Waals surface area contributed by atoms with Gasteiger partial charge in [-0.2, -0.15) is 0 Å². The summed E-state index contributed by atoms with van der Waals surface area (Å²) < 4.78 is 0. The second-order valence-electron chi connectivity index (χ2n) is 4.17. The first kappa shape index (κ1) is 11.6. The monoisotopic (exact) mass is 238 g/mol. The van der Waals surface area contributed by atoms with Gasteiger partial charge in [0.05, 0.1) is 6.54 Å². The second-order valence-corrected chi connectivity index (χ2v) is 5.17. The smallest absolute Gasteiger partial charge is 0.234 e. The lowest BCUT2D eigenvalue weighted by molar-refractivity contribution is -0.120. The Morgan fingerprint density at radius 3 is 3.06 bits per heavy atom. The molecule has 88 valence electrons. The van der Waals surface area contributed by atoms with E-state index in [0.29, 0.717) is 12.6 Å². The van der Waals surface area contributed by atoms with E-state index in [4.69, 9.17) is 0 Å². The summed E-state index contributed by atoms with van der Waals surface area (Å²) in [6.45, 7) is 3.39. The van der Waals surface area contributed by atoms with E-state index in [-0.39, 0.29) is 5.91 Å². The number of carbonyl (C=O) groups excluding carboxylic acids is 1. The van der Waals surface area contributed by atoms with Gasteiger partial charge in [0.25, 0.3) is 0 Å². The molecule has 16 heavy (non-hydrogen) atoms. The third-order valence-corrected chi connectivity index (χ3v) is 3.70. The summed E-state index contributed by atoms with van der Waals surface area (Å²) >= 11 is 1.76. The molecule has 0 aromatic carbocycles. The Morgan fingerprint density at radius 1 is 1.56 bits per heavy atom. The van der Waals surface area contributed by atoms with Crippen LogP contribution in [0.1, 0.15) is 30.2 Å². The van der Waals surface area contributed by atoms with Gasteiger partial charge in [0.15, 0.2) is 0 Å². The van der Waals surface area contributed by atoms with Crippen LogP contribution in [0.15, 0.2) is 11.4 Å². The van der Waals surface area contributed by atoms with E-state index in [1.165, 1.54) is 10.4 Å². The molecule has 2 N–H and O–H groups in total. The van der Waals surface area contributed by atoms with Crippen molar-refractivity contribution >= 4 is 17.2 Å². The minimum absolute atomic E-state index is 0.122. The van der Waals surface area contributed by atoms with Gasteiger partial charge in [-0.25, -0.2) is 0 Å². The first-order chi connectivity index (χ1) is 7.79. The summed E-state index contributed by atoms with van der Waals surface area (Å²) in [6, 6.07) is 2.62. The van der Waals surface area contributed by atoms with E-state index in [0.717, 1.165) is 25.8 Å². The van der Waals surface area contributed by atoms with Crippen LogP contribution in [0.5, 0.6) is 0 Å². The number of amides is 1. The van der Waals surface area contributed by atoms with Gasteiger partial charge in [-0.1, -0.05) is 6.92 Å². The summed E-state index contributed by atoms with van der Waals surface area (Å²) in [7, 11) is 0. The van der Waals surface area contributed by atoms with Crippen molar-refractivity contribution in [2.24, 2.45) is 0 Å². The average molecular weight is 238 g/mol. The molecule has 1 aromatic heterocycles. The van der Waals surface area contributed by atoms with Gasteiger partial charge < -0.3 is 10.6 Å². The van der Waals surface area contributed by atoms with Crippen molar-refractivity contribution in [3.63, 3.8) is 0 Å². The molecule has 1 fully saturated rings. The minimum Gasteiger partial charge on any atom is -0.352 e. The van der Waals surface area contributed by atoms with Crippen molar-refractivity contribution < 1.29 is 4.79 Å². The van der Waals surface area contributed by atoms with Crippen LogP contribution >= 0.6 is 11.3 Å². The van der Waals surface area contributed by atoms with Crippen molar-refractivity contribution in [1.29, 1.82) is 0 Å². The van der Waals surface area contributed by atoms with Gasteiger partial charge in [-0.05, 0) is 36.3 Å². The zero-order valence-corrected chi connectivity index (χ0v) is 10.4. The molecule has 0 atom stereocenters. The molecule has 0 spiro atoms. The van der Waals surface area contributed by atoms with Crippen molar-refractivity contribution in [3.05, 3.63) is 21.9 Å². The molecular formula is C12H18N2OS. The highest BCUT2D eigenvalue weighted by molar-refractivity contribution is 7.10. The topological polar surface area (TPSA) is 41.1 Å². The van der Waals surface area contributed by atoms with Crippen LogP contribution < -0.4 is 10.6 Å². The fourth-order valence-electron chi connectivity index (χ4n) is 1.63. The molecule has 0 radical (unpaired) electrons. The fourth-order valence-corrected chi connectivity index (χ4v) is 2.58. The van der Waals surface area contributed by atoms with Gasteiger partial charge >= 0.3 is 0 Å². The number of aryl methyl sites for hydroxylation is 1. The third-order valence-electron chi connectivity index (χ3n) is 2.73. The quantitative estimate of drug-likeness (QED) is 0.791. The van der Waals surface area contributed by atoms with Crippen LogP contribution in [-0.2, 0) is 17.8 Å². The zero-order chi connectivity index (χ0) is 11.4. The Hall–Kier alpha value is -0.870. The lowest BCUT2D eigenvalue weighted by Gasteiger charge is -2.05. The van der Waals surface area contributed by atoms with Gasteiger partial charge in [0, 0.05) is 17.5 Å². The van der Waals surface area contributed by atoms with Gasteiger partial charge in [-0.15, -0.1) is 11.3 Å². The zero-order valence-electron chi connectivity index (χ0n) is 9.58. The van der Waals surface area contributed by atoms with Crippen LogP contribution in [0.2, 0.25) is 0 Å². The first-order valence-corrected chi connectivity index (χ1v) is 6.73. The molecule has 1 aromatic rings. The van der Waals surface area contributed by atoms with E-state index < -0.39 is 0 Å². The molecule has 1 saturated carbocycles. The Bertz CT molecular complexity index is 358. The predicted molar refractivity (Wildman–Crippen MR) is 66.6 cm³/mol. The van der Waals surface area contributed by atoms with Crippen molar-refractivity contribution in [1.82, 2.24) is 10.6 Å². The summed E-state index contributed by atoms with van der Waals surface area (Å²) in [4.78, 5) is 12.8. The molecular weight excluding hydrogens is 220 g/mol. The Kier molecular flexibility index (Phi) is 3.96. The molecule has 1 aliphatic carbocycles. The molecule has 0 unspecified atom stereocenters. The van der Waals surface area contributed by atoms with Crippen LogP contribution in [0.25, 0.3) is 0 Å². The third kappa shape index (κ3) is 3.32. The van der Waals surface area contributed by atoms with Crippen LogP contribution in [0.4, 0.5) is 0 Å². The van der Waals surface area contributed by atoms with E-state index in [1.807, 2.05) is 0 Å². The molecule has 4 heteroatoms. The Balaban J connectivity index is 1.68. The van der Waals surface area contributed by atoms with E-state index >= 15 is 0 Å². The summed E-state index contributed by atoms with van der Waals surface area (Å²) in [5.74, 6) is 0.122. The first-order valence-electron chi connectivity index (χ1n) is 5.85. The van der Waals surface area contributed by atoms with Crippen molar-refractivity contribution in [2.75, 3.05) is 6.54 Å². The Labute approximate surface area is 100 Å². The minimum atomic E-state index is 0.122. The molecule has 2 rings (SSSR count). The van der Waals surface area contributed by atoms with E-state index in [2.05, 4.69) is 29.0 Å². The number of hydrogen-bond donors (Lipinski definition) is 2. The van der Waals surface area contributed by atoms with Crippen LogP contribution in [-0.4, -0.2) is 18.5 Å². The van der Waals surface area contributed by atoms with Crippen molar-refractivity contribution in [3.8, 4) is 0 Å².